The number of aryl methyl sites for hydroxylation is 1. The number of nitrogens with two attached hydrogens (primary N) is 1. The summed E-state index contributed by atoms with van der Waals surface area (Å²) in [5.74, 6) is 4.46. The van der Waals surface area contributed by atoms with E-state index in [9.17, 15) is 0 Å². The van der Waals surface area contributed by atoms with Crippen LogP contribution in [-0.2, 0) is 13.0 Å². The lowest BCUT2D eigenvalue weighted by Gasteiger charge is -2.04. The number of hydrogen-bond acceptors (Lipinski definition) is 3. The molecule has 0 aliphatic rings. The molecule has 2 aromatic rings. The van der Waals surface area contributed by atoms with E-state index in [1.54, 1.807) is 7.11 Å². The highest BCUT2D eigenvalue weighted by atomic mass is 16.5. The van der Waals surface area contributed by atoms with Gasteiger partial charge < -0.3 is 15.0 Å². The Morgan fingerprint density at radius 3 is 3.00 bits per heavy atom. The second-order valence-corrected chi connectivity index (χ2v) is 4.07. The summed E-state index contributed by atoms with van der Waals surface area (Å²) in [6.07, 6.45) is 7.17. The lowest BCUT2D eigenvalue weighted by molar-refractivity contribution is 0.415. The van der Waals surface area contributed by atoms with Gasteiger partial charge in [0.05, 0.1) is 24.7 Å². The minimum atomic E-state index is 0.530. The van der Waals surface area contributed by atoms with E-state index in [0.29, 0.717) is 13.1 Å². The van der Waals surface area contributed by atoms with Gasteiger partial charge >= 0.3 is 0 Å². The summed E-state index contributed by atoms with van der Waals surface area (Å²) in [5.41, 5.74) is 7.50. The molecule has 4 heteroatoms. The molecule has 0 amide bonds. The Hall–Kier alpha value is -1.99. The molecule has 1 aromatic heterocycles. The van der Waals surface area contributed by atoms with Gasteiger partial charge in [0.25, 0.3) is 0 Å². The van der Waals surface area contributed by atoms with Crippen LogP contribution < -0.4 is 10.5 Å². The fourth-order valence-electron chi connectivity index (χ4n) is 2.01. The highest BCUT2D eigenvalue weighted by Crippen LogP contribution is 2.22. The average Bonchev–Trinajstić information content (AvgIpc) is 2.74. The Morgan fingerprint density at radius 1 is 1.50 bits per heavy atom. The Bertz CT molecular complexity index is 580. The van der Waals surface area contributed by atoms with Gasteiger partial charge in [-0.05, 0) is 25.1 Å². The van der Waals surface area contributed by atoms with Crippen LogP contribution >= 0.6 is 0 Å². The smallest absolute Gasteiger partial charge is 0.121 e. The Morgan fingerprint density at radius 2 is 2.33 bits per heavy atom. The first-order chi connectivity index (χ1) is 8.80. The Kier molecular flexibility index (Phi) is 3.85. The van der Waals surface area contributed by atoms with E-state index < -0.39 is 0 Å². The first-order valence-electron chi connectivity index (χ1n) is 5.97. The van der Waals surface area contributed by atoms with Crippen LogP contribution in [0.4, 0.5) is 0 Å². The van der Waals surface area contributed by atoms with Crippen LogP contribution in [0.25, 0.3) is 11.0 Å². The van der Waals surface area contributed by atoms with Crippen molar-refractivity contribution in [3.05, 3.63) is 24.0 Å². The molecule has 0 aliphatic heterocycles. The number of ether oxygens (including phenoxy) is 1. The number of benzene rings is 1. The minimum absolute atomic E-state index is 0.530. The number of nitrogens with zero attached hydrogens (tertiary/aromatic N) is 2. The van der Waals surface area contributed by atoms with Gasteiger partial charge in [0, 0.05) is 12.5 Å². The number of aromatic nitrogens is 2. The number of imidazole rings is 1. The summed E-state index contributed by atoms with van der Waals surface area (Å²) in [7, 11) is 1.65. The van der Waals surface area contributed by atoms with E-state index in [1.165, 1.54) is 0 Å². The third-order valence-corrected chi connectivity index (χ3v) is 2.89. The topological polar surface area (TPSA) is 53.1 Å². The highest BCUT2D eigenvalue weighted by Gasteiger charge is 2.10. The molecule has 0 saturated heterocycles. The molecule has 0 spiro atoms. The molecular weight excluding hydrogens is 226 g/mol. The first-order valence-corrected chi connectivity index (χ1v) is 5.97. The van der Waals surface area contributed by atoms with Crippen LogP contribution in [0, 0.1) is 12.3 Å². The minimum Gasteiger partial charge on any atom is -0.497 e. The number of terminal acetylenes is 1. The fourth-order valence-corrected chi connectivity index (χ4v) is 2.01. The fraction of sp³-hybridized carbons (Fsp3) is 0.357. The summed E-state index contributed by atoms with van der Waals surface area (Å²) in [6.45, 7) is 1.19. The van der Waals surface area contributed by atoms with Crippen molar-refractivity contribution in [2.45, 2.75) is 19.4 Å². The predicted octanol–water partition coefficient (Wildman–Crippen LogP) is 1.57. The molecule has 2 N–H and O–H groups in total. The van der Waals surface area contributed by atoms with Gasteiger partial charge in [0.1, 0.15) is 11.6 Å². The van der Waals surface area contributed by atoms with Crippen molar-refractivity contribution in [3.8, 4) is 18.1 Å². The second kappa shape index (κ2) is 5.56. The molecule has 4 nitrogen and oxygen atoms in total. The van der Waals surface area contributed by atoms with Gasteiger partial charge in [-0.25, -0.2) is 4.98 Å². The molecule has 1 heterocycles. The average molecular weight is 243 g/mol. The first kappa shape index (κ1) is 12.5. The summed E-state index contributed by atoms with van der Waals surface area (Å²) in [4.78, 5) is 4.61. The van der Waals surface area contributed by atoms with E-state index in [4.69, 9.17) is 16.9 Å². The molecule has 0 bridgehead atoms. The van der Waals surface area contributed by atoms with Gasteiger partial charge in [0.15, 0.2) is 0 Å². The molecule has 0 unspecified atom stereocenters. The number of hydrogen-bond donors (Lipinski definition) is 1. The van der Waals surface area contributed by atoms with Gasteiger partial charge in [-0.2, -0.15) is 0 Å². The van der Waals surface area contributed by atoms with Crippen molar-refractivity contribution in [1.29, 1.82) is 0 Å². The molecule has 0 fully saturated rings. The third kappa shape index (κ3) is 2.31. The highest BCUT2D eigenvalue weighted by molar-refractivity contribution is 5.78. The molecule has 0 saturated carbocycles. The van der Waals surface area contributed by atoms with Crippen LogP contribution in [0.2, 0.25) is 0 Å². The lowest BCUT2D eigenvalue weighted by atomic mass is 10.3. The Balaban J connectivity index is 2.48. The third-order valence-electron chi connectivity index (χ3n) is 2.89. The van der Waals surface area contributed by atoms with E-state index >= 15 is 0 Å². The molecule has 18 heavy (non-hydrogen) atoms. The van der Waals surface area contributed by atoms with Gasteiger partial charge in [0.2, 0.25) is 0 Å². The summed E-state index contributed by atoms with van der Waals surface area (Å²) < 4.78 is 7.26. The maximum atomic E-state index is 5.54. The maximum absolute atomic E-state index is 5.54. The standard InChI is InChI=1S/C14H17N3O/c1-3-9-17-13-7-6-11(18-2)10-12(13)16-14(17)5-4-8-15/h1,6-7,10H,4-5,8-9,15H2,2H3. The van der Waals surface area contributed by atoms with E-state index in [2.05, 4.69) is 15.5 Å². The summed E-state index contributed by atoms with van der Waals surface area (Å²) in [6, 6.07) is 5.84. The molecular formula is C14H17N3O. The van der Waals surface area contributed by atoms with E-state index in [-0.39, 0.29) is 0 Å². The normalized spacial score (nSPS) is 10.5. The van der Waals surface area contributed by atoms with E-state index in [1.807, 2.05) is 18.2 Å². The number of fused-ring (bicyclic) bond motifs is 1. The van der Waals surface area contributed by atoms with Crippen LogP contribution in [0.1, 0.15) is 12.2 Å². The molecule has 1 aromatic carbocycles. The van der Waals surface area contributed by atoms with Crippen molar-refractivity contribution in [1.82, 2.24) is 9.55 Å². The van der Waals surface area contributed by atoms with Crippen molar-refractivity contribution in [3.63, 3.8) is 0 Å². The summed E-state index contributed by atoms with van der Waals surface area (Å²) in [5, 5.41) is 0. The largest absolute Gasteiger partial charge is 0.497 e. The monoisotopic (exact) mass is 243 g/mol. The zero-order valence-corrected chi connectivity index (χ0v) is 10.5. The van der Waals surface area contributed by atoms with Gasteiger partial charge in [-0.3, -0.25) is 0 Å². The second-order valence-electron chi connectivity index (χ2n) is 4.07. The van der Waals surface area contributed by atoms with Crippen LogP contribution in [0.15, 0.2) is 18.2 Å². The molecule has 0 radical (unpaired) electrons. The Labute approximate surface area is 107 Å². The molecule has 0 atom stereocenters. The van der Waals surface area contributed by atoms with Crippen molar-refractivity contribution < 1.29 is 4.74 Å². The molecule has 0 aliphatic carbocycles. The lowest BCUT2D eigenvalue weighted by Crippen LogP contribution is -2.06. The number of methoxy groups -OCH3 is 1. The van der Waals surface area contributed by atoms with Crippen molar-refractivity contribution >= 4 is 11.0 Å². The van der Waals surface area contributed by atoms with Crippen LogP contribution in [0.3, 0.4) is 0 Å². The quantitative estimate of drug-likeness (QED) is 0.811. The van der Waals surface area contributed by atoms with Crippen molar-refractivity contribution in [2.75, 3.05) is 13.7 Å². The zero-order valence-electron chi connectivity index (χ0n) is 10.5. The molecule has 2 rings (SSSR count). The van der Waals surface area contributed by atoms with Crippen LogP contribution in [0.5, 0.6) is 5.75 Å². The predicted molar refractivity (Wildman–Crippen MR) is 72.5 cm³/mol. The maximum Gasteiger partial charge on any atom is 0.121 e. The SMILES string of the molecule is C#CCn1c(CCCN)nc2cc(OC)ccc21. The van der Waals surface area contributed by atoms with Crippen molar-refractivity contribution in [2.24, 2.45) is 5.73 Å². The van der Waals surface area contributed by atoms with Gasteiger partial charge in [-0.1, -0.05) is 5.92 Å². The van der Waals surface area contributed by atoms with Crippen LogP contribution in [-0.4, -0.2) is 23.2 Å². The van der Waals surface area contributed by atoms with Gasteiger partial charge in [-0.15, -0.1) is 6.42 Å². The summed E-state index contributed by atoms with van der Waals surface area (Å²) >= 11 is 0. The van der Waals surface area contributed by atoms with E-state index in [0.717, 1.165) is 35.4 Å². The number of rotatable bonds is 5. The molecule has 94 valence electrons. The zero-order chi connectivity index (χ0) is 13.0.